The highest BCUT2D eigenvalue weighted by Crippen LogP contribution is 2.16. The van der Waals surface area contributed by atoms with Crippen LogP contribution in [0.15, 0.2) is 29.2 Å². The predicted octanol–water partition coefficient (Wildman–Crippen LogP) is 1.08. The summed E-state index contributed by atoms with van der Waals surface area (Å²) in [5.74, 6) is 0.828. The lowest BCUT2D eigenvalue weighted by atomic mass is 10.3. The minimum Gasteiger partial charge on any atom is -0.497 e. The Balaban J connectivity index is 2.74. The number of ether oxygens (including phenoxy) is 1. The van der Waals surface area contributed by atoms with Crippen molar-refractivity contribution >= 4 is 9.84 Å². The van der Waals surface area contributed by atoms with Crippen LogP contribution in [0.5, 0.6) is 5.75 Å². The van der Waals surface area contributed by atoms with Crippen LogP contribution in [0.25, 0.3) is 0 Å². The lowest BCUT2D eigenvalue weighted by Gasteiger charge is -2.05. The van der Waals surface area contributed by atoms with Crippen LogP contribution in [-0.2, 0) is 9.84 Å². The van der Waals surface area contributed by atoms with E-state index in [-0.39, 0.29) is 5.75 Å². The Morgan fingerprint density at radius 1 is 1.25 bits per heavy atom. The van der Waals surface area contributed by atoms with Gasteiger partial charge in [-0.1, -0.05) is 0 Å². The summed E-state index contributed by atoms with van der Waals surface area (Å²) in [7, 11) is 0.205. The second-order valence-corrected chi connectivity index (χ2v) is 5.56. The minimum atomic E-state index is -3.15. The lowest BCUT2D eigenvalue weighted by Crippen LogP contribution is -2.14. The topological polar surface area (TPSA) is 55.4 Å². The standard InChI is InChI=1S/C11H17NO3S/c1-12-8-3-9-16(13,14)11-6-4-10(15-2)5-7-11/h4-7,12H,3,8-9H2,1-2H3. The highest BCUT2D eigenvalue weighted by atomic mass is 32.2. The monoisotopic (exact) mass is 243 g/mol. The lowest BCUT2D eigenvalue weighted by molar-refractivity contribution is 0.414. The normalized spacial score (nSPS) is 11.4. The zero-order valence-corrected chi connectivity index (χ0v) is 10.4. The summed E-state index contributed by atoms with van der Waals surface area (Å²) in [5.41, 5.74) is 0. The molecule has 16 heavy (non-hydrogen) atoms. The third kappa shape index (κ3) is 3.50. The molecule has 90 valence electrons. The molecule has 0 bridgehead atoms. The number of rotatable bonds is 6. The van der Waals surface area contributed by atoms with Gasteiger partial charge in [0.25, 0.3) is 0 Å². The molecule has 0 aliphatic carbocycles. The molecule has 1 N–H and O–H groups in total. The van der Waals surface area contributed by atoms with Crippen molar-refractivity contribution in [2.45, 2.75) is 11.3 Å². The molecule has 0 fully saturated rings. The molecule has 0 aliphatic rings. The van der Waals surface area contributed by atoms with Gasteiger partial charge in [-0.3, -0.25) is 0 Å². The van der Waals surface area contributed by atoms with Crippen LogP contribution in [-0.4, -0.2) is 34.9 Å². The van der Waals surface area contributed by atoms with E-state index < -0.39 is 9.84 Å². The van der Waals surface area contributed by atoms with Gasteiger partial charge < -0.3 is 10.1 Å². The van der Waals surface area contributed by atoms with Gasteiger partial charge in [-0.25, -0.2) is 8.42 Å². The van der Waals surface area contributed by atoms with Crippen molar-refractivity contribution in [1.29, 1.82) is 0 Å². The molecule has 0 aliphatic heterocycles. The van der Waals surface area contributed by atoms with Gasteiger partial charge >= 0.3 is 0 Å². The fraction of sp³-hybridized carbons (Fsp3) is 0.455. The molecule has 0 atom stereocenters. The Bertz CT molecular complexity index is 411. The molecule has 0 aromatic heterocycles. The molecule has 0 amide bonds. The van der Waals surface area contributed by atoms with Crippen molar-refractivity contribution in [3.63, 3.8) is 0 Å². The predicted molar refractivity (Wildman–Crippen MR) is 63.6 cm³/mol. The molecule has 0 saturated heterocycles. The minimum absolute atomic E-state index is 0.167. The highest BCUT2D eigenvalue weighted by Gasteiger charge is 2.13. The van der Waals surface area contributed by atoms with Gasteiger partial charge in [0.2, 0.25) is 0 Å². The van der Waals surface area contributed by atoms with Crippen LogP contribution in [0.3, 0.4) is 0 Å². The summed E-state index contributed by atoms with van der Waals surface area (Å²) in [6, 6.07) is 6.47. The third-order valence-corrected chi connectivity index (χ3v) is 4.07. The first-order chi connectivity index (χ1) is 7.60. The van der Waals surface area contributed by atoms with E-state index >= 15 is 0 Å². The van der Waals surface area contributed by atoms with Crippen molar-refractivity contribution in [3.05, 3.63) is 24.3 Å². The van der Waals surface area contributed by atoms with Crippen LogP contribution in [0.4, 0.5) is 0 Å². The first-order valence-electron chi connectivity index (χ1n) is 5.11. The summed E-state index contributed by atoms with van der Waals surface area (Å²) in [6.45, 7) is 0.704. The van der Waals surface area contributed by atoms with E-state index in [2.05, 4.69) is 5.32 Å². The van der Waals surface area contributed by atoms with E-state index in [0.717, 1.165) is 0 Å². The van der Waals surface area contributed by atoms with Crippen molar-refractivity contribution in [2.75, 3.05) is 26.5 Å². The van der Waals surface area contributed by atoms with Gasteiger partial charge in [-0.2, -0.15) is 0 Å². The molecule has 0 radical (unpaired) electrons. The molecular formula is C11H17NO3S. The van der Waals surface area contributed by atoms with Gasteiger partial charge in [0, 0.05) is 0 Å². The number of sulfone groups is 1. The van der Waals surface area contributed by atoms with Crippen molar-refractivity contribution in [2.24, 2.45) is 0 Å². The van der Waals surface area contributed by atoms with Crippen LogP contribution in [0.2, 0.25) is 0 Å². The molecule has 0 saturated carbocycles. The summed E-state index contributed by atoms with van der Waals surface area (Å²) in [4.78, 5) is 0.351. The zero-order valence-electron chi connectivity index (χ0n) is 9.56. The van der Waals surface area contributed by atoms with E-state index in [0.29, 0.717) is 23.6 Å². The maximum absolute atomic E-state index is 11.8. The van der Waals surface area contributed by atoms with Crippen LogP contribution < -0.4 is 10.1 Å². The number of hydrogen-bond acceptors (Lipinski definition) is 4. The molecule has 0 spiro atoms. The fourth-order valence-corrected chi connectivity index (χ4v) is 2.65. The number of hydrogen-bond donors (Lipinski definition) is 1. The van der Waals surface area contributed by atoms with Crippen LogP contribution in [0.1, 0.15) is 6.42 Å². The Morgan fingerprint density at radius 2 is 1.88 bits per heavy atom. The SMILES string of the molecule is CNCCCS(=O)(=O)c1ccc(OC)cc1. The van der Waals surface area contributed by atoms with Gasteiger partial charge in [-0.15, -0.1) is 0 Å². The average molecular weight is 243 g/mol. The third-order valence-electron chi connectivity index (χ3n) is 2.26. The molecule has 0 heterocycles. The molecule has 1 aromatic carbocycles. The molecule has 0 unspecified atom stereocenters. The number of benzene rings is 1. The quantitative estimate of drug-likeness (QED) is 0.760. The van der Waals surface area contributed by atoms with E-state index in [9.17, 15) is 8.42 Å². The molecule has 5 heteroatoms. The Labute approximate surface area is 96.5 Å². The maximum atomic E-state index is 11.8. The first-order valence-corrected chi connectivity index (χ1v) is 6.77. The summed E-state index contributed by atoms with van der Waals surface area (Å²) in [5, 5.41) is 2.93. The van der Waals surface area contributed by atoms with Gasteiger partial charge in [0.05, 0.1) is 17.8 Å². The number of nitrogens with one attached hydrogen (secondary N) is 1. The molecule has 4 nitrogen and oxygen atoms in total. The molecular weight excluding hydrogens is 226 g/mol. The maximum Gasteiger partial charge on any atom is 0.178 e. The fourth-order valence-electron chi connectivity index (χ4n) is 1.34. The highest BCUT2D eigenvalue weighted by molar-refractivity contribution is 7.91. The van der Waals surface area contributed by atoms with Gasteiger partial charge in [0.15, 0.2) is 9.84 Å². The van der Waals surface area contributed by atoms with E-state index in [4.69, 9.17) is 4.74 Å². The van der Waals surface area contributed by atoms with Crippen molar-refractivity contribution < 1.29 is 13.2 Å². The van der Waals surface area contributed by atoms with E-state index in [1.165, 1.54) is 0 Å². The summed E-state index contributed by atoms with van der Waals surface area (Å²) >= 11 is 0. The second-order valence-electron chi connectivity index (χ2n) is 3.45. The Kier molecular flexibility index (Phi) is 4.76. The van der Waals surface area contributed by atoms with E-state index in [1.807, 2.05) is 0 Å². The van der Waals surface area contributed by atoms with Gasteiger partial charge in [-0.05, 0) is 44.3 Å². The Hall–Kier alpha value is -1.07. The smallest absolute Gasteiger partial charge is 0.178 e. The Morgan fingerprint density at radius 3 is 2.38 bits per heavy atom. The average Bonchev–Trinajstić information content (AvgIpc) is 2.29. The van der Waals surface area contributed by atoms with Crippen LogP contribution in [0, 0.1) is 0 Å². The first kappa shape index (κ1) is 13.0. The van der Waals surface area contributed by atoms with E-state index in [1.54, 1.807) is 38.4 Å². The summed E-state index contributed by atoms with van der Waals surface area (Å²) in [6.07, 6.45) is 0.616. The molecule has 1 aromatic rings. The molecule has 1 rings (SSSR count). The zero-order chi connectivity index (χ0) is 12.0. The van der Waals surface area contributed by atoms with Gasteiger partial charge in [0.1, 0.15) is 5.75 Å². The van der Waals surface area contributed by atoms with Crippen molar-refractivity contribution in [1.82, 2.24) is 5.32 Å². The van der Waals surface area contributed by atoms with Crippen molar-refractivity contribution in [3.8, 4) is 5.75 Å². The summed E-state index contributed by atoms with van der Waals surface area (Å²) < 4.78 is 28.7. The largest absolute Gasteiger partial charge is 0.497 e. The second kappa shape index (κ2) is 5.86. The van der Waals surface area contributed by atoms with Crippen LogP contribution >= 0.6 is 0 Å². The number of methoxy groups -OCH3 is 1.